The molecule has 0 unspecified atom stereocenters. The number of nitrogens with zero attached hydrogens (tertiary/aromatic N) is 4. The number of benzene rings is 1. The van der Waals surface area contributed by atoms with Crippen molar-refractivity contribution in [3.8, 4) is 5.82 Å². The van der Waals surface area contributed by atoms with Gasteiger partial charge in [0, 0.05) is 18.0 Å². The van der Waals surface area contributed by atoms with Gasteiger partial charge >= 0.3 is 0 Å². The molecule has 3 rings (SSSR count). The molecule has 1 aromatic carbocycles. The zero-order valence-electron chi connectivity index (χ0n) is 11.4. The molecule has 0 fully saturated rings. The summed E-state index contributed by atoms with van der Waals surface area (Å²) in [5.41, 5.74) is 1.04. The fourth-order valence-corrected chi connectivity index (χ4v) is 2.41. The van der Waals surface area contributed by atoms with Crippen LogP contribution >= 0.6 is 11.8 Å². The molecule has 0 spiro atoms. The first kappa shape index (κ1) is 12.9. The number of fused-ring (bicyclic) bond motifs is 1. The minimum Gasteiger partial charge on any atom is -0.370 e. The van der Waals surface area contributed by atoms with E-state index in [0.717, 1.165) is 34.2 Å². The van der Waals surface area contributed by atoms with Crippen LogP contribution in [0.1, 0.15) is 6.92 Å². The lowest BCUT2D eigenvalue weighted by Crippen LogP contribution is -2.06. The van der Waals surface area contributed by atoms with Gasteiger partial charge in [-0.2, -0.15) is 5.10 Å². The van der Waals surface area contributed by atoms with Gasteiger partial charge in [-0.25, -0.2) is 14.6 Å². The maximum Gasteiger partial charge on any atom is 0.191 e. The third-order valence-corrected chi connectivity index (χ3v) is 3.47. The average Bonchev–Trinajstić information content (AvgIpc) is 2.91. The molecule has 0 atom stereocenters. The Morgan fingerprint density at radius 3 is 2.90 bits per heavy atom. The maximum atomic E-state index is 4.54. The van der Waals surface area contributed by atoms with Gasteiger partial charge in [-0.15, -0.1) is 0 Å². The van der Waals surface area contributed by atoms with Crippen LogP contribution in [-0.2, 0) is 0 Å². The molecule has 2 heterocycles. The van der Waals surface area contributed by atoms with Crippen LogP contribution in [0.25, 0.3) is 16.7 Å². The second kappa shape index (κ2) is 5.50. The van der Waals surface area contributed by atoms with Crippen molar-refractivity contribution in [2.24, 2.45) is 0 Å². The van der Waals surface area contributed by atoms with Crippen LogP contribution in [0.5, 0.6) is 0 Å². The van der Waals surface area contributed by atoms with E-state index in [0.29, 0.717) is 0 Å². The molecule has 1 N–H and O–H groups in total. The number of aromatic nitrogens is 4. The van der Waals surface area contributed by atoms with Gasteiger partial charge in [0.05, 0.1) is 11.7 Å². The van der Waals surface area contributed by atoms with Crippen molar-refractivity contribution in [2.75, 3.05) is 18.1 Å². The van der Waals surface area contributed by atoms with Gasteiger partial charge in [0.25, 0.3) is 0 Å². The largest absolute Gasteiger partial charge is 0.370 e. The van der Waals surface area contributed by atoms with Crippen LogP contribution < -0.4 is 5.32 Å². The summed E-state index contributed by atoms with van der Waals surface area (Å²) in [5, 5.41) is 9.49. The first-order chi connectivity index (χ1) is 9.81. The summed E-state index contributed by atoms with van der Waals surface area (Å²) in [4.78, 5) is 8.97. The third kappa shape index (κ3) is 2.34. The third-order valence-electron chi connectivity index (χ3n) is 2.93. The predicted molar refractivity (Wildman–Crippen MR) is 82.6 cm³/mol. The van der Waals surface area contributed by atoms with Crippen molar-refractivity contribution in [3.05, 3.63) is 36.5 Å². The van der Waals surface area contributed by atoms with E-state index in [-0.39, 0.29) is 0 Å². The van der Waals surface area contributed by atoms with Crippen molar-refractivity contribution < 1.29 is 0 Å². The molecule has 20 heavy (non-hydrogen) atoms. The number of anilines is 1. The number of rotatable bonds is 4. The Labute approximate surface area is 121 Å². The Balaban J connectivity index is 2.15. The molecule has 0 aliphatic heterocycles. The van der Waals surface area contributed by atoms with Gasteiger partial charge < -0.3 is 5.32 Å². The van der Waals surface area contributed by atoms with Crippen LogP contribution in [-0.4, -0.2) is 32.5 Å². The first-order valence-corrected chi connectivity index (χ1v) is 7.64. The molecule has 102 valence electrons. The molecule has 0 bridgehead atoms. The molecule has 0 aliphatic carbocycles. The smallest absolute Gasteiger partial charge is 0.191 e. The minimum atomic E-state index is 0.734. The van der Waals surface area contributed by atoms with Gasteiger partial charge in [-0.3, -0.25) is 0 Å². The fraction of sp³-hybridized carbons (Fsp3) is 0.214. The fourth-order valence-electron chi connectivity index (χ4n) is 2.04. The molecule has 0 aliphatic rings. The highest BCUT2D eigenvalue weighted by atomic mass is 32.2. The number of thioether (sulfide) groups is 1. The summed E-state index contributed by atoms with van der Waals surface area (Å²) in [5.74, 6) is 1.60. The van der Waals surface area contributed by atoms with Crippen LogP contribution in [0.3, 0.4) is 0 Å². The molecule has 0 radical (unpaired) electrons. The SMILES string of the molecule is CCNc1cc(-n2ncc3ccccc32)nc(SC)n1. The van der Waals surface area contributed by atoms with Gasteiger partial charge in [-0.1, -0.05) is 30.0 Å². The molecule has 6 heteroatoms. The number of hydrogen-bond donors (Lipinski definition) is 1. The average molecular weight is 285 g/mol. The lowest BCUT2D eigenvalue weighted by atomic mass is 10.2. The van der Waals surface area contributed by atoms with Crippen LogP contribution in [0.4, 0.5) is 5.82 Å². The minimum absolute atomic E-state index is 0.734. The monoisotopic (exact) mass is 285 g/mol. The van der Waals surface area contributed by atoms with Gasteiger partial charge in [0.2, 0.25) is 0 Å². The first-order valence-electron chi connectivity index (χ1n) is 6.42. The van der Waals surface area contributed by atoms with E-state index in [2.05, 4.69) is 20.4 Å². The summed E-state index contributed by atoms with van der Waals surface area (Å²) < 4.78 is 1.84. The number of para-hydroxylation sites is 1. The summed E-state index contributed by atoms with van der Waals surface area (Å²) in [7, 11) is 0. The molecule has 3 aromatic rings. The predicted octanol–water partition coefficient (Wildman–Crippen LogP) is 2.97. The van der Waals surface area contributed by atoms with E-state index in [1.165, 1.54) is 11.8 Å². The van der Waals surface area contributed by atoms with Crippen molar-refractivity contribution >= 4 is 28.5 Å². The topological polar surface area (TPSA) is 55.6 Å². The van der Waals surface area contributed by atoms with Crippen LogP contribution in [0.15, 0.2) is 41.7 Å². The van der Waals surface area contributed by atoms with Crippen molar-refractivity contribution in [1.82, 2.24) is 19.7 Å². The zero-order valence-corrected chi connectivity index (χ0v) is 12.2. The van der Waals surface area contributed by atoms with Crippen LogP contribution in [0, 0.1) is 0 Å². The Hall–Kier alpha value is -2.08. The van der Waals surface area contributed by atoms with Crippen molar-refractivity contribution in [3.63, 3.8) is 0 Å². The molecule has 0 amide bonds. The summed E-state index contributed by atoms with van der Waals surface area (Å²) in [6.45, 7) is 2.87. The quantitative estimate of drug-likeness (QED) is 0.590. The van der Waals surface area contributed by atoms with Gasteiger partial charge in [0.15, 0.2) is 11.0 Å². The lowest BCUT2D eigenvalue weighted by Gasteiger charge is -2.08. The van der Waals surface area contributed by atoms with Crippen LogP contribution in [0.2, 0.25) is 0 Å². The molecular weight excluding hydrogens is 270 g/mol. The summed E-state index contributed by atoms with van der Waals surface area (Å²) in [6, 6.07) is 10.0. The van der Waals surface area contributed by atoms with E-state index in [9.17, 15) is 0 Å². The molecule has 2 aromatic heterocycles. The molecule has 0 saturated heterocycles. The molecular formula is C14H15N5S. The Morgan fingerprint density at radius 1 is 1.25 bits per heavy atom. The highest BCUT2D eigenvalue weighted by Gasteiger charge is 2.09. The van der Waals surface area contributed by atoms with Crippen molar-refractivity contribution in [2.45, 2.75) is 12.1 Å². The van der Waals surface area contributed by atoms with E-state index in [1.54, 1.807) is 0 Å². The maximum absolute atomic E-state index is 4.54. The summed E-state index contributed by atoms with van der Waals surface area (Å²) in [6.07, 6.45) is 3.82. The highest BCUT2D eigenvalue weighted by molar-refractivity contribution is 7.98. The Morgan fingerprint density at radius 2 is 2.10 bits per heavy atom. The normalized spacial score (nSPS) is 10.9. The highest BCUT2D eigenvalue weighted by Crippen LogP contribution is 2.20. The number of hydrogen-bond acceptors (Lipinski definition) is 5. The lowest BCUT2D eigenvalue weighted by molar-refractivity contribution is 0.828. The van der Waals surface area contributed by atoms with Crippen molar-refractivity contribution in [1.29, 1.82) is 0 Å². The second-order valence-corrected chi connectivity index (χ2v) is 5.02. The summed E-state index contributed by atoms with van der Waals surface area (Å²) >= 11 is 1.52. The Kier molecular flexibility index (Phi) is 3.56. The standard InChI is InChI=1S/C14H15N5S/c1-3-15-12-8-13(18-14(17-12)20-2)19-11-7-5-4-6-10(11)9-16-19/h4-9H,3H2,1-2H3,(H,15,17,18). The van der Waals surface area contributed by atoms with E-state index in [4.69, 9.17) is 0 Å². The van der Waals surface area contributed by atoms with E-state index >= 15 is 0 Å². The second-order valence-electron chi connectivity index (χ2n) is 4.24. The molecule has 5 nitrogen and oxygen atoms in total. The van der Waals surface area contributed by atoms with E-state index < -0.39 is 0 Å². The number of nitrogens with one attached hydrogen (secondary N) is 1. The molecule has 0 saturated carbocycles. The van der Waals surface area contributed by atoms with Gasteiger partial charge in [-0.05, 0) is 19.2 Å². The Bertz CT molecular complexity index is 737. The van der Waals surface area contributed by atoms with Gasteiger partial charge in [0.1, 0.15) is 5.82 Å². The van der Waals surface area contributed by atoms with E-state index in [1.807, 2.05) is 54.4 Å². The zero-order chi connectivity index (χ0) is 13.9.